The number of carbonyl (C=O) groups excluding carboxylic acids is 1. The fourth-order valence-corrected chi connectivity index (χ4v) is 1.96. The van der Waals surface area contributed by atoms with Gasteiger partial charge >= 0.3 is 5.97 Å². The molecule has 0 atom stereocenters. The van der Waals surface area contributed by atoms with E-state index in [4.69, 9.17) is 5.11 Å². The second-order valence-corrected chi connectivity index (χ2v) is 4.77. The van der Waals surface area contributed by atoms with Crippen molar-refractivity contribution in [2.45, 2.75) is 46.0 Å². The lowest BCUT2D eigenvalue weighted by molar-refractivity contribution is -0.140. The van der Waals surface area contributed by atoms with E-state index >= 15 is 0 Å². The van der Waals surface area contributed by atoms with E-state index in [0.717, 1.165) is 0 Å². The summed E-state index contributed by atoms with van der Waals surface area (Å²) in [4.78, 5) is 9.82. The molecular weight excluding hydrogens is 252 g/mol. The molecule has 0 bridgehead atoms. The van der Waals surface area contributed by atoms with Crippen molar-refractivity contribution in [2.24, 2.45) is 5.92 Å². The number of benzene rings is 1. The van der Waals surface area contributed by atoms with Gasteiger partial charge in [-0.2, -0.15) is 0 Å². The molecule has 0 saturated heterocycles. The average Bonchev–Trinajstić information content (AvgIpc) is 2.51. The molecule has 114 valence electrons. The Morgan fingerprint density at radius 1 is 1.05 bits per heavy atom. The number of esters is 1. The molecule has 0 amide bonds. The second-order valence-electron chi connectivity index (χ2n) is 4.77. The molecule has 0 heterocycles. The summed E-state index contributed by atoms with van der Waals surface area (Å²) in [6, 6.07) is 12.0. The van der Waals surface area contributed by atoms with Gasteiger partial charge in [0.15, 0.2) is 0 Å². The van der Waals surface area contributed by atoms with E-state index in [2.05, 4.69) is 4.74 Å². The molecule has 2 rings (SSSR count). The van der Waals surface area contributed by atoms with Crippen molar-refractivity contribution in [3.8, 4) is 0 Å². The van der Waals surface area contributed by atoms with Crippen LogP contribution in [0.2, 0.25) is 0 Å². The molecule has 1 aliphatic carbocycles. The molecule has 0 spiro atoms. The molecule has 0 aromatic heterocycles. The predicted molar refractivity (Wildman–Crippen MR) is 82.4 cm³/mol. The molecule has 1 aromatic carbocycles. The van der Waals surface area contributed by atoms with E-state index < -0.39 is 0 Å². The van der Waals surface area contributed by atoms with Gasteiger partial charge in [0.05, 0.1) is 6.61 Å². The third-order valence-electron chi connectivity index (χ3n) is 3.00. The highest BCUT2D eigenvalue weighted by molar-refractivity contribution is 5.65. The minimum absolute atomic E-state index is 0.211. The number of hydrogen-bond acceptors (Lipinski definition) is 3. The van der Waals surface area contributed by atoms with Crippen molar-refractivity contribution in [1.82, 2.24) is 0 Å². The maximum Gasteiger partial charge on any atom is 0.302 e. The Labute approximate surface area is 123 Å². The summed E-state index contributed by atoms with van der Waals surface area (Å²) in [5, 5.41) is 8.69. The first-order chi connectivity index (χ1) is 9.70. The van der Waals surface area contributed by atoms with Crippen LogP contribution in [-0.2, 0) is 9.53 Å². The van der Waals surface area contributed by atoms with Crippen LogP contribution in [0.5, 0.6) is 0 Å². The number of carbonyl (C=O) groups is 1. The van der Waals surface area contributed by atoms with Crippen LogP contribution in [0, 0.1) is 5.92 Å². The van der Waals surface area contributed by atoms with Crippen LogP contribution in [0.3, 0.4) is 0 Å². The van der Waals surface area contributed by atoms with E-state index in [0.29, 0.717) is 19.1 Å². The Bertz CT molecular complexity index is 279. The monoisotopic (exact) mass is 280 g/mol. The summed E-state index contributed by atoms with van der Waals surface area (Å²) >= 11 is 0. The lowest BCUT2D eigenvalue weighted by Gasteiger charge is -2.18. The lowest BCUT2D eigenvalue weighted by Crippen LogP contribution is -2.09. The zero-order valence-corrected chi connectivity index (χ0v) is 12.8. The maximum atomic E-state index is 9.82. The van der Waals surface area contributed by atoms with Gasteiger partial charge in [-0.3, -0.25) is 4.79 Å². The minimum Gasteiger partial charge on any atom is -0.466 e. The largest absolute Gasteiger partial charge is 0.466 e. The number of ether oxygens (including phenoxy) is 1. The van der Waals surface area contributed by atoms with Gasteiger partial charge in [-0.05, 0) is 25.7 Å². The summed E-state index contributed by atoms with van der Waals surface area (Å²) in [6.07, 6.45) is 6.58. The van der Waals surface area contributed by atoms with Crippen molar-refractivity contribution in [2.75, 3.05) is 13.2 Å². The maximum absolute atomic E-state index is 9.82. The SMILES string of the molecule is CCOC(C)=O.OCC1CCCCC1.c1ccccc1. The molecule has 1 saturated carbocycles. The molecule has 3 heteroatoms. The molecule has 0 aliphatic heterocycles. The van der Waals surface area contributed by atoms with Crippen LogP contribution < -0.4 is 0 Å². The van der Waals surface area contributed by atoms with Gasteiger partial charge in [0.25, 0.3) is 0 Å². The van der Waals surface area contributed by atoms with Gasteiger partial charge in [-0.15, -0.1) is 0 Å². The van der Waals surface area contributed by atoms with Crippen LogP contribution in [0.25, 0.3) is 0 Å². The third-order valence-corrected chi connectivity index (χ3v) is 3.00. The fraction of sp³-hybridized carbons (Fsp3) is 0.588. The number of hydrogen-bond donors (Lipinski definition) is 1. The average molecular weight is 280 g/mol. The summed E-state index contributed by atoms with van der Waals surface area (Å²) in [6.45, 7) is 4.07. The molecule has 1 fully saturated rings. The third kappa shape index (κ3) is 13.1. The lowest BCUT2D eigenvalue weighted by atomic mass is 9.90. The molecule has 20 heavy (non-hydrogen) atoms. The zero-order valence-electron chi connectivity index (χ0n) is 12.8. The summed E-state index contributed by atoms with van der Waals surface area (Å²) in [7, 11) is 0. The van der Waals surface area contributed by atoms with Crippen LogP contribution >= 0.6 is 0 Å². The smallest absolute Gasteiger partial charge is 0.302 e. The van der Waals surface area contributed by atoms with Gasteiger partial charge in [-0.1, -0.05) is 55.7 Å². The first kappa shape index (κ1) is 18.7. The first-order valence-corrected chi connectivity index (χ1v) is 7.45. The predicted octanol–water partition coefficient (Wildman–Crippen LogP) is 3.82. The number of aliphatic hydroxyl groups is 1. The van der Waals surface area contributed by atoms with Gasteiger partial charge in [0, 0.05) is 13.5 Å². The van der Waals surface area contributed by atoms with Gasteiger partial charge < -0.3 is 9.84 Å². The van der Waals surface area contributed by atoms with Gasteiger partial charge in [-0.25, -0.2) is 0 Å². The first-order valence-electron chi connectivity index (χ1n) is 7.45. The molecule has 3 nitrogen and oxygen atoms in total. The van der Waals surface area contributed by atoms with Gasteiger partial charge in [0.2, 0.25) is 0 Å². The van der Waals surface area contributed by atoms with Crippen LogP contribution in [0.1, 0.15) is 46.0 Å². The van der Waals surface area contributed by atoms with Crippen molar-refractivity contribution in [1.29, 1.82) is 0 Å². The minimum atomic E-state index is -0.211. The molecular formula is C17H28O3. The van der Waals surface area contributed by atoms with Crippen LogP contribution in [-0.4, -0.2) is 24.3 Å². The van der Waals surface area contributed by atoms with E-state index in [1.165, 1.54) is 39.0 Å². The highest BCUT2D eigenvalue weighted by Crippen LogP contribution is 2.22. The van der Waals surface area contributed by atoms with E-state index in [9.17, 15) is 4.79 Å². The molecule has 0 unspecified atom stereocenters. The molecule has 1 aromatic rings. The highest BCUT2D eigenvalue weighted by atomic mass is 16.5. The van der Waals surface area contributed by atoms with Crippen molar-refractivity contribution in [3.63, 3.8) is 0 Å². The van der Waals surface area contributed by atoms with Crippen LogP contribution in [0.4, 0.5) is 0 Å². The Morgan fingerprint density at radius 3 is 1.70 bits per heavy atom. The standard InChI is InChI=1S/C7H14O.C6H6.C4H8O2/c8-6-7-4-2-1-3-5-7;1-2-4-6-5-3-1;1-3-6-4(2)5/h7-8H,1-6H2;1-6H;3H2,1-2H3. The number of rotatable bonds is 2. The van der Waals surface area contributed by atoms with Crippen molar-refractivity contribution in [3.05, 3.63) is 36.4 Å². The summed E-state index contributed by atoms with van der Waals surface area (Å²) < 4.78 is 4.40. The van der Waals surface area contributed by atoms with Gasteiger partial charge in [0.1, 0.15) is 0 Å². The fourth-order valence-electron chi connectivity index (χ4n) is 1.96. The normalized spacial score (nSPS) is 14.2. The Kier molecular flexibility index (Phi) is 13.1. The quantitative estimate of drug-likeness (QED) is 0.838. The topological polar surface area (TPSA) is 46.5 Å². The summed E-state index contributed by atoms with van der Waals surface area (Å²) in [5.41, 5.74) is 0. The second kappa shape index (κ2) is 14.1. The van der Waals surface area contributed by atoms with E-state index in [1.807, 2.05) is 36.4 Å². The van der Waals surface area contributed by atoms with Crippen molar-refractivity contribution >= 4 is 5.97 Å². The Morgan fingerprint density at radius 2 is 1.50 bits per heavy atom. The number of aliphatic hydroxyl groups excluding tert-OH is 1. The van der Waals surface area contributed by atoms with Crippen molar-refractivity contribution < 1.29 is 14.6 Å². The van der Waals surface area contributed by atoms with E-state index in [1.54, 1.807) is 6.92 Å². The molecule has 1 aliphatic rings. The Balaban J connectivity index is 0.000000276. The Hall–Kier alpha value is -1.35. The summed E-state index contributed by atoms with van der Waals surface area (Å²) in [5.74, 6) is 0.432. The molecule has 0 radical (unpaired) electrons. The van der Waals surface area contributed by atoms with Crippen LogP contribution in [0.15, 0.2) is 36.4 Å². The molecule has 1 N–H and O–H groups in total. The zero-order chi connectivity index (χ0) is 15.1. The highest BCUT2D eigenvalue weighted by Gasteiger charge is 2.10. The van der Waals surface area contributed by atoms with E-state index in [-0.39, 0.29) is 5.97 Å².